The smallest absolute Gasteiger partial charge is 0.226 e. The van der Waals surface area contributed by atoms with Gasteiger partial charge in [0.05, 0.1) is 24.7 Å². The van der Waals surface area contributed by atoms with Gasteiger partial charge in [-0.2, -0.15) is 0 Å². The van der Waals surface area contributed by atoms with Crippen molar-refractivity contribution in [3.63, 3.8) is 0 Å². The predicted molar refractivity (Wildman–Crippen MR) is 63.1 cm³/mol. The monoisotopic (exact) mass is 237 g/mol. The molecule has 0 aliphatic carbocycles. The van der Waals surface area contributed by atoms with Gasteiger partial charge in [-0.1, -0.05) is 6.92 Å². The molecule has 0 saturated carbocycles. The molecule has 2 N–H and O–H groups in total. The van der Waals surface area contributed by atoms with Gasteiger partial charge in [0.2, 0.25) is 5.91 Å². The van der Waals surface area contributed by atoms with Crippen molar-refractivity contribution >= 4 is 5.91 Å². The molecule has 0 aromatic carbocycles. The maximum atomic E-state index is 12.1. The normalized spacial score (nSPS) is 32.6. The number of carbonyl (C=O) groups excluding carboxylic acids is 1. The predicted octanol–water partition coefficient (Wildman–Crippen LogP) is 1.09. The molecule has 0 radical (unpaired) electrons. The molecule has 4 unspecified atom stereocenters. The number of hydrogen-bond acceptors (Lipinski definition) is 3. The van der Waals surface area contributed by atoms with E-state index in [4.69, 9.17) is 4.74 Å². The van der Waals surface area contributed by atoms with Crippen molar-refractivity contribution in [2.45, 2.75) is 39.5 Å². The molecule has 1 aromatic heterocycles. The molecule has 4 atom stereocenters. The summed E-state index contributed by atoms with van der Waals surface area (Å²) in [5.41, 5.74) is 0. The molecule has 2 heterocycles. The summed E-state index contributed by atoms with van der Waals surface area (Å²) in [6, 6.07) is 0. The Hall–Kier alpha value is -1.36. The first-order chi connectivity index (χ1) is 8.09. The number of nitrogens with one attached hydrogen (secondary N) is 2. The van der Waals surface area contributed by atoms with E-state index in [1.165, 1.54) is 0 Å². The maximum absolute atomic E-state index is 12.1. The molecule has 5 nitrogen and oxygen atoms in total. The third-order valence-corrected chi connectivity index (χ3v) is 3.53. The Morgan fingerprint density at radius 2 is 2.24 bits per heavy atom. The van der Waals surface area contributed by atoms with Crippen molar-refractivity contribution in [3.8, 4) is 0 Å². The molecular formula is C12H19N3O2. The van der Waals surface area contributed by atoms with E-state index in [1.807, 2.05) is 13.8 Å². The number of nitrogens with zero attached hydrogens (tertiary/aromatic N) is 1. The summed E-state index contributed by atoms with van der Waals surface area (Å²) >= 11 is 0. The fraction of sp³-hybridized carbons (Fsp3) is 0.667. The Morgan fingerprint density at radius 1 is 1.47 bits per heavy atom. The maximum Gasteiger partial charge on any atom is 0.226 e. The lowest BCUT2D eigenvalue weighted by molar-refractivity contribution is -0.127. The van der Waals surface area contributed by atoms with Gasteiger partial charge >= 0.3 is 0 Å². The number of imidazole rings is 1. The molecule has 0 bridgehead atoms. The average Bonchev–Trinajstić information content (AvgIpc) is 2.86. The van der Waals surface area contributed by atoms with Crippen molar-refractivity contribution in [1.29, 1.82) is 0 Å². The zero-order valence-electron chi connectivity index (χ0n) is 10.4. The summed E-state index contributed by atoms with van der Waals surface area (Å²) in [5.74, 6) is 0.998. The van der Waals surface area contributed by atoms with Crippen LogP contribution in [0.2, 0.25) is 0 Å². The van der Waals surface area contributed by atoms with Crippen LogP contribution in [0.4, 0.5) is 0 Å². The highest BCUT2D eigenvalue weighted by Gasteiger charge is 2.41. The summed E-state index contributed by atoms with van der Waals surface area (Å²) in [7, 11) is 0. The minimum atomic E-state index is -0.0695. The van der Waals surface area contributed by atoms with E-state index in [2.05, 4.69) is 22.2 Å². The van der Waals surface area contributed by atoms with Gasteiger partial charge in [0.1, 0.15) is 5.82 Å². The third kappa shape index (κ3) is 2.49. The molecule has 1 amide bonds. The lowest BCUT2D eigenvalue weighted by atomic mass is 9.89. The van der Waals surface area contributed by atoms with E-state index in [-0.39, 0.29) is 30.0 Å². The molecule has 0 spiro atoms. The molecule has 1 fully saturated rings. The van der Waals surface area contributed by atoms with Gasteiger partial charge in [-0.05, 0) is 19.8 Å². The summed E-state index contributed by atoms with van der Waals surface area (Å²) in [5, 5.41) is 2.90. The number of carbonyl (C=O) groups is 1. The second-order valence-corrected chi connectivity index (χ2v) is 4.68. The SMILES string of the molecule is CC1OC(C)C(C(=O)NCc2ncc[nH]2)C1C. The van der Waals surface area contributed by atoms with Crippen LogP contribution < -0.4 is 5.32 Å². The molecule has 17 heavy (non-hydrogen) atoms. The second kappa shape index (κ2) is 4.87. The summed E-state index contributed by atoms with van der Waals surface area (Å²) in [6.45, 7) is 6.47. The van der Waals surface area contributed by atoms with Crippen LogP contribution in [0, 0.1) is 11.8 Å². The third-order valence-electron chi connectivity index (χ3n) is 3.53. The largest absolute Gasteiger partial charge is 0.374 e. The highest BCUT2D eigenvalue weighted by molar-refractivity contribution is 5.79. The molecule has 1 aliphatic rings. The standard InChI is InChI=1S/C12H19N3O2/c1-7-8(2)17-9(3)11(7)12(16)15-6-10-13-4-5-14-10/h4-5,7-9,11H,6H2,1-3H3,(H,13,14)(H,15,16). The molecule has 94 valence electrons. The van der Waals surface area contributed by atoms with Gasteiger partial charge in [-0.3, -0.25) is 4.79 Å². The van der Waals surface area contributed by atoms with E-state index >= 15 is 0 Å². The van der Waals surface area contributed by atoms with Crippen molar-refractivity contribution < 1.29 is 9.53 Å². The fourth-order valence-corrected chi connectivity index (χ4v) is 2.40. The van der Waals surface area contributed by atoms with Crippen LogP contribution in [0.5, 0.6) is 0 Å². The van der Waals surface area contributed by atoms with Crippen LogP contribution in [0.25, 0.3) is 0 Å². The number of hydrogen-bond donors (Lipinski definition) is 2. The van der Waals surface area contributed by atoms with Gasteiger partial charge < -0.3 is 15.0 Å². The van der Waals surface area contributed by atoms with Crippen molar-refractivity contribution in [2.24, 2.45) is 11.8 Å². The number of H-pyrrole nitrogens is 1. The molecule has 1 saturated heterocycles. The quantitative estimate of drug-likeness (QED) is 0.826. The van der Waals surface area contributed by atoms with E-state index in [0.29, 0.717) is 6.54 Å². The Bertz CT molecular complexity index is 377. The van der Waals surface area contributed by atoms with Gasteiger partial charge in [0.15, 0.2) is 0 Å². The van der Waals surface area contributed by atoms with Gasteiger partial charge in [-0.25, -0.2) is 4.98 Å². The first-order valence-corrected chi connectivity index (χ1v) is 6.01. The minimum Gasteiger partial charge on any atom is -0.374 e. The number of aromatic nitrogens is 2. The molecule has 2 rings (SSSR count). The summed E-state index contributed by atoms with van der Waals surface area (Å²) in [4.78, 5) is 19.1. The fourth-order valence-electron chi connectivity index (χ4n) is 2.40. The number of amides is 1. The van der Waals surface area contributed by atoms with E-state index in [0.717, 1.165) is 5.82 Å². The Labute approximate surface area is 101 Å². The number of ether oxygens (including phenoxy) is 1. The molecule has 5 heteroatoms. The zero-order chi connectivity index (χ0) is 12.4. The summed E-state index contributed by atoms with van der Waals surface area (Å²) in [6.07, 6.45) is 3.54. The van der Waals surface area contributed by atoms with E-state index in [1.54, 1.807) is 12.4 Å². The first kappa shape index (κ1) is 12.1. The van der Waals surface area contributed by atoms with Crippen LogP contribution in [-0.4, -0.2) is 28.1 Å². The molecule has 1 aliphatic heterocycles. The van der Waals surface area contributed by atoms with Gasteiger partial charge in [0.25, 0.3) is 0 Å². The minimum absolute atomic E-state index is 0.0170. The van der Waals surface area contributed by atoms with Crippen molar-refractivity contribution in [3.05, 3.63) is 18.2 Å². The average molecular weight is 237 g/mol. The Morgan fingerprint density at radius 3 is 2.76 bits per heavy atom. The molecule has 1 aromatic rings. The lowest BCUT2D eigenvalue weighted by Gasteiger charge is -2.17. The highest BCUT2D eigenvalue weighted by Crippen LogP contribution is 2.32. The van der Waals surface area contributed by atoms with Crippen molar-refractivity contribution in [1.82, 2.24) is 15.3 Å². The highest BCUT2D eigenvalue weighted by atomic mass is 16.5. The van der Waals surface area contributed by atoms with E-state index < -0.39 is 0 Å². The molecular weight excluding hydrogens is 218 g/mol. The Kier molecular flexibility index (Phi) is 3.47. The van der Waals surface area contributed by atoms with Crippen LogP contribution >= 0.6 is 0 Å². The second-order valence-electron chi connectivity index (χ2n) is 4.68. The number of rotatable bonds is 3. The lowest BCUT2D eigenvalue weighted by Crippen LogP contribution is -2.37. The topological polar surface area (TPSA) is 67.0 Å². The zero-order valence-corrected chi connectivity index (χ0v) is 10.4. The van der Waals surface area contributed by atoms with Crippen LogP contribution in [0.1, 0.15) is 26.6 Å². The van der Waals surface area contributed by atoms with Crippen LogP contribution in [0.3, 0.4) is 0 Å². The van der Waals surface area contributed by atoms with E-state index in [9.17, 15) is 4.79 Å². The van der Waals surface area contributed by atoms with Crippen LogP contribution in [0.15, 0.2) is 12.4 Å². The summed E-state index contributed by atoms with van der Waals surface area (Å²) < 4.78 is 5.66. The van der Waals surface area contributed by atoms with Crippen molar-refractivity contribution in [2.75, 3.05) is 0 Å². The van der Waals surface area contributed by atoms with Crippen LogP contribution in [-0.2, 0) is 16.1 Å². The Balaban J connectivity index is 1.91. The first-order valence-electron chi connectivity index (χ1n) is 6.01. The van der Waals surface area contributed by atoms with Gasteiger partial charge in [0, 0.05) is 12.4 Å². The number of aromatic amines is 1. The van der Waals surface area contributed by atoms with Gasteiger partial charge in [-0.15, -0.1) is 0 Å².